The number of nitrogens with zero attached hydrogens (tertiary/aromatic N) is 1. The highest BCUT2D eigenvalue weighted by Gasteiger charge is 2.35. The summed E-state index contributed by atoms with van der Waals surface area (Å²) in [5.41, 5.74) is -0.879. The Balaban J connectivity index is 2.35. The molecule has 2 rings (SSSR count). The van der Waals surface area contributed by atoms with Crippen molar-refractivity contribution >= 4 is 33.4 Å². The number of benzene rings is 1. The molecular formula is C13H9BrF4N2O4. The van der Waals surface area contributed by atoms with Crippen LogP contribution in [0.5, 0.6) is 5.75 Å². The zero-order valence-electron chi connectivity index (χ0n) is 11.7. The van der Waals surface area contributed by atoms with Crippen LogP contribution in [0.15, 0.2) is 28.4 Å². The molecule has 0 atom stereocenters. The molecule has 6 nitrogen and oxygen atoms in total. The van der Waals surface area contributed by atoms with Crippen molar-refractivity contribution in [2.24, 2.45) is 0 Å². The second-order valence-corrected chi connectivity index (χ2v) is 5.43. The number of aliphatic hydroxyl groups is 1. The van der Waals surface area contributed by atoms with Crippen LogP contribution in [0.2, 0.25) is 0 Å². The summed E-state index contributed by atoms with van der Waals surface area (Å²) < 4.78 is 54.7. The summed E-state index contributed by atoms with van der Waals surface area (Å²) in [6, 6.07) is 1.80. The van der Waals surface area contributed by atoms with Gasteiger partial charge in [-0.3, -0.25) is 14.5 Å². The predicted molar refractivity (Wildman–Crippen MR) is 76.3 cm³/mol. The van der Waals surface area contributed by atoms with Gasteiger partial charge >= 0.3 is 6.36 Å². The number of nitrogens with one attached hydrogen (secondary N) is 1. The van der Waals surface area contributed by atoms with Crippen LogP contribution in [0.25, 0.3) is 0 Å². The first kappa shape index (κ1) is 18.2. The number of carbonyl (C=O) groups excluding carboxylic acids is 2. The molecule has 0 saturated heterocycles. The highest BCUT2D eigenvalue weighted by molar-refractivity contribution is 9.10. The summed E-state index contributed by atoms with van der Waals surface area (Å²) in [5.74, 6) is -4.13. The first-order valence-corrected chi connectivity index (χ1v) is 7.12. The SMILES string of the molecule is O=C1C=C(Nc2cc(Br)cc(F)c2OC(F)(F)F)C(=O)N1CCO. The van der Waals surface area contributed by atoms with Crippen molar-refractivity contribution in [3.63, 3.8) is 0 Å². The average molecular weight is 413 g/mol. The van der Waals surface area contributed by atoms with Gasteiger partial charge in [-0.2, -0.15) is 0 Å². The molecule has 0 saturated carbocycles. The lowest BCUT2D eigenvalue weighted by molar-refractivity contribution is -0.275. The zero-order valence-corrected chi connectivity index (χ0v) is 13.2. The average Bonchev–Trinajstić information content (AvgIpc) is 2.70. The second-order valence-electron chi connectivity index (χ2n) is 4.51. The summed E-state index contributed by atoms with van der Waals surface area (Å²) in [4.78, 5) is 24.3. The molecule has 0 spiro atoms. The molecule has 0 fully saturated rings. The minimum absolute atomic E-state index is 0.0848. The second kappa shape index (κ2) is 6.77. The van der Waals surface area contributed by atoms with Crippen molar-refractivity contribution < 1.29 is 37.0 Å². The Morgan fingerprint density at radius 3 is 2.54 bits per heavy atom. The Hall–Kier alpha value is -2.14. The highest BCUT2D eigenvalue weighted by atomic mass is 79.9. The number of hydrogen-bond acceptors (Lipinski definition) is 5. The molecule has 0 aliphatic carbocycles. The van der Waals surface area contributed by atoms with Gasteiger partial charge in [-0.15, -0.1) is 13.2 Å². The van der Waals surface area contributed by atoms with Gasteiger partial charge in [0, 0.05) is 10.5 Å². The number of amides is 2. The monoisotopic (exact) mass is 412 g/mol. The number of hydrogen-bond donors (Lipinski definition) is 2. The summed E-state index contributed by atoms with van der Waals surface area (Å²) in [6.45, 7) is -0.759. The third-order valence-electron chi connectivity index (χ3n) is 2.83. The third-order valence-corrected chi connectivity index (χ3v) is 3.29. The molecule has 130 valence electrons. The van der Waals surface area contributed by atoms with Gasteiger partial charge in [-0.05, 0) is 12.1 Å². The fraction of sp³-hybridized carbons (Fsp3) is 0.231. The number of anilines is 1. The number of β-amino-alcohol motifs (C(OH)–C–C–N with tert-alkyl or cyclic N) is 1. The van der Waals surface area contributed by atoms with Gasteiger partial charge in [-0.1, -0.05) is 15.9 Å². The van der Waals surface area contributed by atoms with Gasteiger partial charge in [0.05, 0.1) is 18.8 Å². The molecule has 24 heavy (non-hydrogen) atoms. The van der Waals surface area contributed by atoms with Crippen LogP contribution in [0.1, 0.15) is 0 Å². The number of imide groups is 1. The van der Waals surface area contributed by atoms with Crippen molar-refractivity contribution in [3.05, 3.63) is 34.2 Å². The van der Waals surface area contributed by atoms with E-state index in [4.69, 9.17) is 5.11 Å². The van der Waals surface area contributed by atoms with Crippen LogP contribution in [0, 0.1) is 5.82 Å². The van der Waals surface area contributed by atoms with E-state index in [0.717, 1.165) is 18.2 Å². The fourth-order valence-electron chi connectivity index (χ4n) is 1.93. The standard InChI is InChI=1S/C13H9BrF4N2O4/c14-6-3-7(15)11(24-13(16,17)18)8(4-6)19-9-5-10(22)20(1-2-21)12(9)23/h3-5,19,21H,1-2H2. The molecule has 1 aromatic rings. The van der Waals surface area contributed by atoms with E-state index in [1.54, 1.807) is 0 Å². The maximum absolute atomic E-state index is 13.8. The summed E-state index contributed by atoms with van der Waals surface area (Å²) in [6.07, 6.45) is -4.33. The Morgan fingerprint density at radius 1 is 1.29 bits per heavy atom. The van der Waals surface area contributed by atoms with E-state index >= 15 is 0 Å². The molecule has 1 aromatic carbocycles. The van der Waals surface area contributed by atoms with Crippen LogP contribution in [-0.2, 0) is 9.59 Å². The normalized spacial score (nSPS) is 14.9. The van der Waals surface area contributed by atoms with E-state index in [-0.39, 0.29) is 16.7 Å². The van der Waals surface area contributed by atoms with E-state index in [9.17, 15) is 27.2 Å². The van der Waals surface area contributed by atoms with Gasteiger partial charge in [-0.25, -0.2) is 4.39 Å². The topological polar surface area (TPSA) is 78.9 Å². The molecule has 2 amide bonds. The molecule has 0 bridgehead atoms. The summed E-state index contributed by atoms with van der Waals surface area (Å²) >= 11 is 2.91. The lowest BCUT2D eigenvalue weighted by atomic mass is 10.2. The minimum atomic E-state index is -5.15. The third kappa shape index (κ3) is 4.03. The van der Waals surface area contributed by atoms with E-state index in [0.29, 0.717) is 4.90 Å². The van der Waals surface area contributed by atoms with Gasteiger partial charge in [0.15, 0.2) is 11.6 Å². The number of rotatable bonds is 5. The summed E-state index contributed by atoms with van der Waals surface area (Å²) in [5, 5.41) is 11.0. The number of aliphatic hydroxyl groups excluding tert-OH is 1. The molecule has 0 radical (unpaired) electrons. The lowest BCUT2D eigenvalue weighted by Crippen LogP contribution is -2.34. The van der Waals surface area contributed by atoms with E-state index in [1.165, 1.54) is 0 Å². The molecule has 0 unspecified atom stereocenters. The molecule has 11 heteroatoms. The zero-order chi connectivity index (χ0) is 18.1. The maximum Gasteiger partial charge on any atom is 0.573 e. The van der Waals surface area contributed by atoms with E-state index in [2.05, 4.69) is 26.0 Å². The molecule has 1 heterocycles. The van der Waals surface area contributed by atoms with Gasteiger partial charge in [0.25, 0.3) is 11.8 Å². The largest absolute Gasteiger partial charge is 0.573 e. The fourth-order valence-corrected chi connectivity index (χ4v) is 2.36. The molecule has 1 aliphatic heterocycles. The van der Waals surface area contributed by atoms with Gasteiger partial charge < -0.3 is 15.2 Å². The number of carbonyl (C=O) groups is 2. The van der Waals surface area contributed by atoms with Crippen LogP contribution >= 0.6 is 15.9 Å². The number of halogens is 5. The summed E-state index contributed by atoms with van der Waals surface area (Å²) in [7, 11) is 0. The smallest absolute Gasteiger partial charge is 0.400 e. The molecule has 1 aliphatic rings. The first-order valence-electron chi connectivity index (χ1n) is 6.32. The Bertz CT molecular complexity index is 721. The predicted octanol–water partition coefficient (Wildman–Crippen LogP) is 2.14. The first-order chi connectivity index (χ1) is 11.1. The van der Waals surface area contributed by atoms with Gasteiger partial charge in [0.2, 0.25) is 0 Å². The Labute approximate surface area is 140 Å². The molecule has 0 aromatic heterocycles. The maximum atomic E-state index is 13.8. The van der Waals surface area contributed by atoms with E-state index < -0.39 is 42.0 Å². The van der Waals surface area contributed by atoms with Gasteiger partial charge in [0.1, 0.15) is 5.70 Å². The van der Waals surface area contributed by atoms with Crippen molar-refractivity contribution in [2.75, 3.05) is 18.5 Å². The minimum Gasteiger partial charge on any atom is -0.400 e. The number of alkyl halides is 3. The van der Waals surface area contributed by atoms with Crippen molar-refractivity contribution in [1.82, 2.24) is 4.90 Å². The van der Waals surface area contributed by atoms with Crippen molar-refractivity contribution in [3.8, 4) is 5.75 Å². The number of ether oxygens (including phenoxy) is 1. The van der Waals surface area contributed by atoms with Crippen LogP contribution in [0.3, 0.4) is 0 Å². The van der Waals surface area contributed by atoms with Crippen molar-refractivity contribution in [2.45, 2.75) is 6.36 Å². The van der Waals surface area contributed by atoms with E-state index in [1.807, 2.05) is 0 Å². The Kier molecular flexibility index (Phi) is 5.13. The quantitative estimate of drug-likeness (QED) is 0.572. The molecular weight excluding hydrogens is 404 g/mol. The van der Waals surface area contributed by atoms with Crippen LogP contribution in [-0.4, -0.2) is 41.3 Å². The van der Waals surface area contributed by atoms with Crippen LogP contribution < -0.4 is 10.1 Å². The highest BCUT2D eigenvalue weighted by Crippen LogP contribution is 2.36. The Morgan fingerprint density at radius 2 is 1.96 bits per heavy atom. The lowest BCUT2D eigenvalue weighted by Gasteiger charge is -2.17. The van der Waals surface area contributed by atoms with Crippen LogP contribution in [0.4, 0.5) is 23.2 Å². The van der Waals surface area contributed by atoms with Crippen molar-refractivity contribution in [1.29, 1.82) is 0 Å². The molecule has 2 N–H and O–H groups in total.